The van der Waals surface area contributed by atoms with Crippen molar-refractivity contribution in [1.29, 1.82) is 0 Å². The van der Waals surface area contributed by atoms with Gasteiger partial charge in [0.25, 0.3) is 5.91 Å². The molecule has 1 fully saturated rings. The number of likely N-dealkylation sites (tertiary alicyclic amines) is 1. The van der Waals surface area contributed by atoms with Crippen molar-refractivity contribution in [3.05, 3.63) is 82.6 Å². The molecule has 43 heavy (non-hydrogen) atoms. The van der Waals surface area contributed by atoms with Crippen LogP contribution in [0.4, 0.5) is 30.5 Å². The molecule has 0 radical (unpaired) electrons. The number of pyridine rings is 1. The third-order valence-corrected chi connectivity index (χ3v) is 7.60. The summed E-state index contributed by atoms with van der Waals surface area (Å²) >= 11 is 3.42. The molecule has 5 rings (SSSR count). The SMILES string of the molecule is CNc1nccc(-c2cccnc2Oc2cc(Br)cc(C(=O)Nc3cc(C(F)(F)F)ccc3N(C)[C@H]3CCN(C)C3)c2)n1. The number of alkyl halides is 3. The van der Waals surface area contributed by atoms with Crippen LogP contribution in [0.5, 0.6) is 11.6 Å². The van der Waals surface area contributed by atoms with E-state index in [-0.39, 0.29) is 28.9 Å². The number of halogens is 4. The van der Waals surface area contributed by atoms with Crippen molar-refractivity contribution < 1.29 is 22.7 Å². The van der Waals surface area contributed by atoms with Crippen LogP contribution >= 0.6 is 15.9 Å². The molecule has 9 nitrogen and oxygen atoms in total. The van der Waals surface area contributed by atoms with Crippen LogP contribution in [0.25, 0.3) is 11.3 Å². The fourth-order valence-electron chi connectivity index (χ4n) is 4.90. The molecule has 1 atom stereocenters. The van der Waals surface area contributed by atoms with E-state index in [1.54, 1.807) is 49.8 Å². The lowest BCUT2D eigenvalue weighted by molar-refractivity contribution is -0.137. The van der Waals surface area contributed by atoms with Gasteiger partial charge in [-0.3, -0.25) is 4.79 Å². The molecular formula is C30H29BrF3N7O2. The van der Waals surface area contributed by atoms with E-state index in [1.807, 2.05) is 19.0 Å². The summed E-state index contributed by atoms with van der Waals surface area (Å²) in [6, 6.07) is 13.5. The molecule has 3 heterocycles. The lowest BCUT2D eigenvalue weighted by atomic mass is 10.1. The van der Waals surface area contributed by atoms with Gasteiger partial charge >= 0.3 is 6.18 Å². The summed E-state index contributed by atoms with van der Waals surface area (Å²) in [6.45, 7) is 1.64. The Morgan fingerprint density at radius 1 is 1.12 bits per heavy atom. The molecule has 2 aromatic carbocycles. The molecule has 1 aliphatic rings. The summed E-state index contributed by atoms with van der Waals surface area (Å²) in [7, 11) is 5.54. The molecule has 0 bridgehead atoms. The Balaban J connectivity index is 1.44. The Morgan fingerprint density at radius 2 is 1.93 bits per heavy atom. The van der Waals surface area contributed by atoms with Crippen molar-refractivity contribution in [1.82, 2.24) is 19.9 Å². The minimum Gasteiger partial charge on any atom is -0.438 e. The molecule has 4 aromatic rings. The average Bonchev–Trinajstić information content (AvgIpc) is 3.42. The van der Waals surface area contributed by atoms with Gasteiger partial charge in [-0.25, -0.2) is 15.0 Å². The van der Waals surface area contributed by atoms with E-state index >= 15 is 0 Å². The Morgan fingerprint density at radius 3 is 2.65 bits per heavy atom. The van der Waals surface area contributed by atoms with Gasteiger partial charge in [-0.2, -0.15) is 13.2 Å². The van der Waals surface area contributed by atoms with Gasteiger partial charge in [-0.1, -0.05) is 15.9 Å². The number of amides is 1. The number of carbonyl (C=O) groups excluding carboxylic acids is 1. The highest BCUT2D eigenvalue weighted by molar-refractivity contribution is 9.10. The van der Waals surface area contributed by atoms with Crippen molar-refractivity contribution in [3.8, 4) is 22.9 Å². The average molecular weight is 657 g/mol. The first kappa shape index (κ1) is 30.2. The minimum absolute atomic E-state index is 0.0652. The highest BCUT2D eigenvalue weighted by Gasteiger charge is 2.33. The largest absolute Gasteiger partial charge is 0.438 e. The predicted molar refractivity (Wildman–Crippen MR) is 163 cm³/mol. The van der Waals surface area contributed by atoms with E-state index in [2.05, 4.69) is 46.4 Å². The van der Waals surface area contributed by atoms with Crippen molar-refractivity contribution >= 4 is 39.2 Å². The molecule has 1 amide bonds. The third kappa shape index (κ3) is 7.05. The predicted octanol–water partition coefficient (Wildman–Crippen LogP) is 6.55. The van der Waals surface area contributed by atoms with E-state index in [1.165, 1.54) is 12.1 Å². The second-order valence-corrected chi connectivity index (χ2v) is 11.1. The van der Waals surface area contributed by atoms with Crippen LogP contribution in [0.15, 0.2) is 71.5 Å². The van der Waals surface area contributed by atoms with Crippen LogP contribution < -0.4 is 20.3 Å². The molecule has 0 spiro atoms. The van der Waals surface area contributed by atoms with E-state index in [9.17, 15) is 18.0 Å². The lowest BCUT2D eigenvalue weighted by Crippen LogP contribution is -2.34. The zero-order valence-electron chi connectivity index (χ0n) is 23.6. The van der Waals surface area contributed by atoms with Gasteiger partial charge in [0.1, 0.15) is 5.75 Å². The zero-order chi connectivity index (χ0) is 30.7. The molecule has 0 saturated carbocycles. The number of benzene rings is 2. The second-order valence-electron chi connectivity index (χ2n) is 10.1. The van der Waals surface area contributed by atoms with Crippen molar-refractivity contribution in [2.45, 2.75) is 18.6 Å². The summed E-state index contributed by atoms with van der Waals surface area (Å²) < 4.78 is 47.6. The van der Waals surface area contributed by atoms with E-state index in [0.717, 1.165) is 31.6 Å². The lowest BCUT2D eigenvalue weighted by Gasteiger charge is -2.29. The molecule has 224 valence electrons. The fraction of sp³-hybridized carbons (Fsp3) is 0.267. The smallest absolute Gasteiger partial charge is 0.416 e. The fourth-order valence-corrected chi connectivity index (χ4v) is 5.37. The maximum atomic E-state index is 13.7. The number of aromatic nitrogens is 3. The Hall–Kier alpha value is -4.23. The number of anilines is 3. The summed E-state index contributed by atoms with van der Waals surface area (Å²) in [5, 5.41) is 5.61. The monoisotopic (exact) mass is 655 g/mol. The van der Waals surface area contributed by atoms with E-state index in [4.69, 9.17) is 4.74 Å². The van der Waals surface area contributed by atoms with Crippen LogP contribution in [-0.4, -0.2) is 66.0 Å². The highest BCUT2D eigenvalue weighted by atomic mass is 79.9. The molecule has 1 aliphatic heterocycles. The van der Waals surface area contributed by atoms with Gasteiger partial charge in [-0.05, 0) is 74.6 Å². The van der Waals surface area contributed by atoms with Gasteiger partial charge < -0.3 is 25.2 Å². The first-order valence-electron chi connectivity index (χ1n) is 13.4. The zero-order valence-corrected chi connectivity index (χ0v) is 25.2. The normalized spacial score (nSPS) is 15.3. The molecule has 1 saturated heterocycles. The number of likely N-dealkylation sites (N-methyl/N-ethyl adjacent to an activating group) is 2. The van der Waals surface area contributed by atoms with Crippen molar-refractivity contribution in [2.24, 2.45) is 0 Å². The van der Waals surface area contributed by atoms with Crippen LogP contribution in [0.3, 0.4) is 0 Å². The van der Waals surface area contributed by atoms with Crippen LogP contribution in [-0.2, 0) is 6.18 Å². The molecule has 2 aromatic heterocycles. The second kappa shape index (κ2) is 12.6. The summed E-state index contributed by atoms with van der Waals surface area (Å²) in [5.41, 5.74) is 1.06. The van der Waals surface area contributed by atoms with Crippen LogP contribution in [0, 0.1) is 0 Å². The van der Waals surface area contributed by atoms with Gasteiger partial charge in [0.15, 0.2) is 0 Å². The molecule has 0 aliphatic carbocycles. The number of ether oxygens (including phenoxy) is 1. The quantitative estimate of drug-likeness (QED) is 0.221. The molecular weight excluding hydrogens is 627 g/mol. The van der Waals surface area contributed by atoms with Crippen molar-refractivity contribution in [2.75, 3.05) is 49.8 Å². The number of carbonyl (C=O) groups is 1. The molecule has 13 heteroatoms. The Bertz CT molecular complexity index is 1640. The number of nitrogens with one attached hydrogen (secondary N) is 2. The molecule has 2 N–H and O–H groups in total. The highest BCUT2D eigenvalue weighted by Crippen LogP contribution is 2.37. The van der Waals surface area contributed by atoms with Crippen LogP contribution in [0.1, 0.15) is 22.3 Å². The summed E-state index contributed by atoms with van der Waals surface area (Å²) in [5.74, 6) is 0.362. The number of rotatable bonds is 8. The third-order valence-electron chi connectivity index (χ3n) is 7.14. The summed E-state index contributed by atoms with van der Waals surface area (Å²) in [4.78, 5) is 30.5. The Labute approximate surface area is 255 Å². The van der Waals surface area contributed by atoms with Gasteiger partial charge in [0.05, 0.1) is 28.2 Å². The van der Waals surface area contributed by atoms with Gasteiger partial charge in [0, 0.05) is 49.1 Å². The van der Waals surface area contributed by atoms with Crippen molar-refractivity contribution in [3.63, 3.8) is 0 Å². The van der Waals surface area contributed by atoms with Gasteiger partial charge in [0.2, 0.25) is 11.8 Å². The maximum Gasteiger partial charge on any atom is 0.416 e. The maximum absolute atomic E-state index is 13.7. The molecule has 0 unspecified atom stereocenters. The number of nitrogens with zero attached hydrogens (tertiary/aromatic N) is 5. The number of hydrogen-bond acceptors (Lipinski definition) is 8. The minimum atomic E-state index is -4.57. The number of hydrogen-bond donors (Lipinski definition) is 2. The first-order valence-corrected chi connectivity index (χ1v) is 14.2. The summed E-state index contributed by atoms with van der Waals surface area (Å²) in [6.07, 6.45) is -0.539. The van der Waals surface area contributed by atoms with E-state index < -0.39 is 17.6 Å². The van der Waals surface area contributed by atoms with Crippen LogP contribution in [0.2, 0.25) is 0 Å². The standard InChI is InChI=1S/C30H29BrF3N7O2/c1-35-29-37-11-8-24(39-29)23-5-4-10-36-28(23)43-22-14-18(13-20(31)16-22)27(42)38-25-15-19(30(32,33)34)6-7-26(25)41(3)21-9-12-40(2)17-21/h4-8,10-11,13-16,21H,9,12,17H2,1-3H3,(H,38,42)(H,35,37,39)/t21-/m0/s1. The first-order chi connectivity index (χ1) is 20.5. The van der Waals surface area contributed by atoms with E-state index in [0.29, 0.717) is 27.4 Å². The van der Waals surface area contributed by atoms with Gasteiger partial charge in [-0.15, -0.1) is 0 Å². The Kier molecular flexibility index (Phi) is 8.83. The topological polar surface area (TPSA) is 95.5 Å².